The van der Waals surface area contributed by atoms with Gasteiger partial charge in [-0.2, -0.15) is 0 Å². The maximum absolute atomic E-state index is 11.7. The minimum Gasteiger partial charge on any atom is -0.353 e. The van der Waals surface area contributed by atoms with Crippen molar-refractivity contribution >= 4 is 17.7 Å². The number of hydrogen-bond donors (Lipinski definition) is 2. The zero-order valence-electron chi connectivity index (χ0n) is 11.4. The van der Waals surface area contributed by atoms with Crippen LogP contribution in [0.15, 0.2) is 5.16 Å². The van der Waals surface area contributed by atoms with E-state index >= 15 is 0 Å². The number of thioether (sulfide) groups is 1. The molecule has 1 aromatic heterocycles. The van der Waals surface area contributed by atoms with Crippen molar-refractivity contribution in [1.29, 1.82) is 0 Å². The fourth-order valence-electron chi connectivity index (χ4n) is 1.79. The van der Waals surface area contributed by atoms with Gasteiger partial charge in [0.25, 0.3) is 0 Å². The smallest absolute Gasteiger partial charge is 0.230 e. The molecule has 0 saturated heterocycles. The van der Waals surface area contributed by atoms with Gasteiger partial charge in [-0.05, 0) is 26.2 Å². The number of hydrogen-bond acceptors (Lipinski definition) is 5. The Morgan fingerprint density at radius 2 is 2.32 bits per heavy atom. The maximum atomic E-state index is 11.7. The first-order valence-electron chi connectivity index (χ1n) is 6.71. The predicted octanol–water partition coefficient (Wildman–Crippen LogP) is 1.08. The average Bonchev–Trinajstić information content (AvgIpc) is 3.16. The summed E-state index contributed by atoms with van der Waals surface area (Å²) in [5, 5.41) is 12.0. The van der Waals surface area contributed by atoms with Crippen LogP contribution in [0, 0.1) is 0 Å². The summed E-state index contributed by atoms with van der Waals surface area (Å²) in [6.07, 6.45) is 3.24. The van der Waals surface area contributed by atoms with Gasteiger partial charge in [0, 0.05) is 12.1 Å². The molecule has 1 atom stereocenters. The number of nitrogens with one attached hydrogen (secondary N) is 1. The molecule has 0 aliphatic heterocycles. The first-order chi connectivity index (χ1) is 9.15. The van der Waals surface area contributed by atoms with Gasteiger partial charge in [-0.25, -0.2) is 0 Å². The third-order valence-electron chi connectivity index (χ3n) is 3.18. The van der Waals surface area contributed by atoms with Crippen LogP contribution in [0.2, 0.25) is 0 Å². The summed E-state index contributed by atoms with van der Waals surface area (Å²) in [7, 11) is 0. The summed E-state index contributed by atoms with van der Waals surface area (Å²) in [4.78, 5) is 11.7. The predicted molar refractivity (Wildman–Crippen MR) is 74.8 cm³/mol. The lowest BCUT2D eigenvalue weighted by atomic mass is 10.3. The van der Waals surface area contributed by atoms with E-state index in [-0.39, 0.29) is 11.9 Å². The minimum atomic E-state index is 0.0407. The summed E-state index contributed by atoms with van der Waals surface area (Å²) < 4.78 is 2.08. The number of nitrogens with two attached hydrogens (primary N) is 1. The molecule has 0 radical (unpaired) electrons. The molecule has 106 valence electrons. The number of carbonyl (C=O) groups is 1. The molecule has 6 nitrogen and oxygen atoms in total. The van der Waals surface area contributed by atoms with Crippen LogP contribution in [0.4, 0.5) is 0 Å². The molecule has 19 heavy (non-hydrogen) atoms. The third kappa shape index (κ3) is 3.70. The number of aromatic nitrogens is 3. The van der Waals surface area contributed by atoms with Crippen molar-refractivity contribution in [2.45, 2.75) is 56.9 Å². The van der Waals surface area contributed by atoms with Crippen molar-refractivity contribution in [2.75, 3.05) is 5.75 Å². The van der Waals surface area contributed by atoms with Gasteiger partial charge in [-0.3, -0.25) is 4.79 Å². The summed E-state index contributed by atoms with van der Waals surface area (Å²) in [5.74, 6) is 1.23. The first kappa shape index (κ1) is 14.3. The van der Waals surface area contributed by atoms with Crippen LogP contribution in [0.3, 0.4) is 0 Å². The van der Waals surface area contributed by atoms with Gasteiger partial charge in [0.05, 0.1) is 12.3 Å². The lowest BCUT2D eigenvalue weighted by molar-refractivity contribution is -0.119. The SMILES string of the molecule is CCC(C)NC(=O)CSc1nnc(CN)n1C1CC1. The van der Waals surface area contributed by atoms with E-state index in [0.29, 0.717) is 18.3 Å². The van der Waals surface area contributed by atoms with Crippen molar-refractivity contribution < 1.29 is 4.79 Å². The van der Waals surface area contributed by atoms with Crippen LogP contribution >= 0.6 is 11.8 Å². The largest absolute Gasteiger partial charge is 0.353 e. The molecule has 3 N–H and O–H groups in total. The number of nitrogens with zero attached hydrogens (tertiary/aromatic N) is 3. The number of carbonyl (C=O) groups excluding carboxylic acids is 1. The van der Waals surface area contributed by atoms with Crippen LogP contribution in [0.1, 0.15) is 45.0 Å². The zero-order chi connectivity index (χ0) is 13.8. The quantitative estimate of drug-likeness (QED) is 0.731. The summed E-state index contributed by atoms with van der Waals surface area (Å²) in [6, 6.07) is 0.697. The third-order valence-corrected chi connectivity index (χ3v) is 4.12. The van der Waals surface area contributed by atoms with Crippen LogP contribution in [-0.4, -0.2) is 32.5 Å². The Hall–Kier alpha value is -1.08. The fraction of sp³-hybridized carbons (Fsp3) is 0.750. The topological polar surface area (TPSA) is 85.8 Å². The number of amides is 1. The lowest BCUT2D eigenvalue weighted by Crippen LogP contribution is -2.33. The van der Waals surface area contributed by atoms with E-state index in [1.54, 1.807) is 0 Å². The van der Waals surface area contributed by atoms with Gasteiger partial charge in [-0.1, -0.05) is 18.7 Å². The van der Waals surface area contributed by atoms with E-state index in [9.17, 15) is 4.79 Å². The van der Waals surface area contributed by atoms with E-state index in [1.165, 1.54) is 11.8 Å². The summed E-state index contributed by atoms with van der Waals surface area (Å²) in [5.41, 5.74) is 5.66. The second-order valence-corrected chi connectivity index (χ2v) is 5.81. The highest BCUT2D eigenvalue weighted by Gasteiger charge is 2.29. The van der Waals surface area contributed by atoms with E-state index in [1.807, 2.05) is 6.92 Å². The van der Waals surface area contributed by atoms with Gasteiger partial charge < -0.3 is 15.6 Å². The fourth-order valence-corrected chi connectivity index (χ4v) is 2.63. The van der Waals surface area contributed by atoms with Crippen LogP contribution in [0.5, 0.6) is 0 Å². The molecular formula is C12H21N5OS. The van der Waals surface area contributed by atoms with Crippen LogP contribution < -0.4 is 11.1 Å². The summed E-state index contributed by atoms with van der Waals surface area (Å²) >= 11 is 1.43. The van der Waals surface area contributed by atoms with Gasteiger partial charge in [0.1, 0.15) is 5.82 Å². The molecule has 0 spiro atoms. The van der Waals surface area contributed by atoms with Crippen molar-refractivity contribution in [2.24, 2.45) is 5.73 Å². The molecule has 1 aromatic rings. The molecule has 1 saturated carbocycles. The maximum Gasteiger partial charge on any atom is 0.230 e. The highest BCUT2D eigenvalue weighted by molar-refractivity contribution is 7.99. The standard InChI is InChI=1S/C12H21N5OS/c1-3-8(2)14-11(18)7-19-12-16-15-10(6-13)17(12)9-4-5-9/h8-9H,3-7,13H2,1-2H3,(H,14,18). The Labute approximate surface area is 117 Å². The highest BCUT2D eigenvalue weighted by atomic mass is 32.2. The van der Waals surface area contributed by atoms with E-state index in [0.717, 1.165) is 30.2 Å². The van der Waals surface area contributed by atoms with Gasteiger partial charge in [0.15, 0.2) is 5.16 Å². The molecule has 1 aliphatic rings. The van der Waals surface area contributed by atoms with Crippen molar-refractivity contribution in [3.63, 3.8) is 0 Å². The van der Waals surface area contributed by atoms with Crippen LogP contribution in [0.25, 0.3) is 0 Å². The van der Waals surface area contributed by atoms with Crippen molar-refractivity contribution in [3.8, 4) is 0 Å². The molecular weight excluding hydrogens is 262 g/mol. The van der Waals surface area contributed by atoms with E-state index in [2.05, 4.69) is 27.0 Å². The highest BCUT2D eigenvalue weighted by Crippen LogP contribution is 2.38. The second-order valence-electron chi connectivity index (χ2n) is 4.87. The summed E-state index contributed by atoms with van der Waals surface area (Å²) in [6.45, 7) is 4.44. The van der Waals surface area contributed by atoms with E-state index < -0.39 is 0 Å². The van der Waals surface area contributed by atoms with E-state index in [4.69, 9.17) is 5.73 Å². The molecule has 2 rings (SSSR count). The molecule has 1 amide bonds. The molecule has 0 aromatic carbocycles. The zero-order valence-corrected chi connectivity index (χ0v) is 12.2. The van der Waals surface area contributed by atoms with Crippen LogP contribution in [-0.2, 0) is 11.3 Å². The van der Waals surface area contributed by atoms with Crippen molar-refractivity contribution in [3.05, 3.63) is 5.82 Å². The Bertz CT molecular complexity index is 443. The molecule has 1 unspecified atom stereocenters. The Kier molecular flexibility index (Phi) is 4.81. The molecule has 7 heteroatoms. The monoisotopic (exact) mass is 283 g/mol. The molecule has 1 aliphatic carbocycles. The Morgan fingerprint density at radius 3 is 2.89 bits per heavy atom. The Balaban J connectivity index is 1.92. The van der Waals surface area contributed by atoms with Gasteiger partial charge in [-0.15, -0.1) is 10.2 Å². The minimum absolute atomic E-state index is 0.0407. The lowest BCUT2D eigenvalue weighted by Gasteiger charge is -2.11. The normalized spacial score (nSPS) is 16.4. The van der Waals surface area contributed by atoms with Gasteiger partial charge >= 0.3 is 0 Å². The molecule has 0 bridgehead atoms. The molecule has 1 heterocycles. The van der Waals surface area contributed by atoms with Gasteiger partial charge in [0.2, 0.25) is 5.91 Å². The molecule has 1 fully saturated rings. The van der Waals surface area contributed by atoms with Crippen molar-refractivity contribution in [1.82, 2.24) is 20.1 Å². The number of rotatable bonds is 7. The Morgan fingerprint density at radius 1 is 1.58 bits per heavy atom. The first-order valence-corrected chi connectivity index (χ1v) is 7.70. The second kappa shape index (κ2) is 6.38. The average molecular weight is 283 g/mol.